The maximum atomic E-state index is 15.3. The van der Waals surface area contributed by atoms with E-state index < -0.39 is 38.9 Å². The second-order valence-corrected chi connectivity index (χ2v) is 9.77. The first-order valence-corrected chi connectivity index (χ1v) is 12.7. The minimum atomic E-state index is -4.31. The molecule has 0 bridgehead atoms. The van der Waals surface area contributed by atoms with E-state index in [9.17, 15) is 17.6 Å². The number of aromatic nitrogens is 5. The number of benzene rings is 1. The molecule has 15 heteroatoms. The van der Waals surface area contributed by atoms with Crippen molar-refractivity contribution in [2.75, 3.05) is 16.6 Å². The van der Waals surface area contributed by atoms with Crippen LogP contribution in [0.15, 0.2) is 54.7 Å². The zero-order valence-corrected chi connectivity index (χ0v) is 20.3. The number of ether oxygens (including phenoxy) is 1. The van der Waals surface area contributed by atoms with Crippen LogP contribution in [0, 0.1) is 11.6 Å². The number of aromatic amines is 1. The number of methoxy groups -OCH3 is 1. The number of hydrogen-bond acceptors (Lipinski definition) is 9. The van der Waals surface area contributed by atoms with Crippen LogP contribution >= 0.6 is 11.3 Å². The molecule has 5 rings (SSSR count). The van der Waals surface area contributed by atoms with Gasteiger partial charge in [-0.1, -0.05) is 0 Å². The van der Waals surface area contributed by atoms with Crippen molar-refractivity contribution in [3.63, 3.8) is 0 Å². The number of halogens is 2. The Balaban J connectivity index is 1.50. The molecule has 0 aliphatic heterocycles. The second kappa shape index (κ2) is 9.51. The molecule has 0 radical (unpaired) electrons. The van der Waals surface area contributed by atoms with Crippen molar-refractivity contribution >= 4 is 49.1 Å². The van der Waals surface area contributed by atoms with Crippen molar-refractivity contribution in [2.24, 2.45) is 0 Å². The van der Waals surface area contributed by atoms with Gasteiger partial charge in [0.05, 0.1) is 30.1 Å². The molecule has 0 aliphatic rings. The summed E-state index contributed by atoms with van der Waals surface area (Å²) in [5.74, 6) is -3.55. The van der Waals surface area contributed by atoms with E-state index in [4.69, 9.17) is 4.74 Å². The standard InChI is InChI=1S/C22H15F2N7O4S2/c1-35-22-28-6-12(7-29-22)11-4-13-14(8-27-21(13)26-5-11)20(32)18-15(23)2-3-16(19(18)24)30-37(33,34)31-17-9-25-10-36-17/h2-10,30-31H,1H3,(H,26,27). The number of anilines is 2. The molecule has 4 heterocycles. The van der Waals surface area contributed by atoms with Gasteiger partial charge in [-0.05, 0) is 18.2 Å². The van der Waals surface area contributed by atoms with Crippen molar-refractivity contribution < 1.29 is 26.7 Å². The molecule has 5 aromatic rings. The average molecular weight is 544 g/mol. The monoisotopic (exact) mass is 543 g/mol. The number of hydrogen-bond donors (Lipinski definition) is 3. The summed E-state index contributed by atoms with van der Waals surface area (Å²) in [5.41, 5.74) is 1.19. The van der Waals surface area contributed by atoms with Gasteiger partial charge in [-0.3, -0.25) is 19.2 Å². The predicted molar refractivity (Wildman–Crippen MR) is 132 cm³/mol. The number of thiazole rings is 1. The predicted octanol–water partition coefficient (Wildman–Crippen LogP) is 3.76. The third-order valence-electron chi connectivity index (χ3n) is 5.15. The summed E-state index contributed by atoms with van der Waals surface area (Å²) in [4.78, 5) is 32.2. The lowest BCUT2D eigenvalue weighted by Gasteiger charge is -2.12. The van der Waals surface area contributed by atoms with E-state index >= 15 is 4.39 Å². The van der Waals surface area contributed by atoms with Crippen molar-refractivity contribution in [2.45, 2.75) is 0 Å². The molecule has 11 nitrogen and oxygen atoms in total. The normalized spacial score (nSPS) is 11.4. The van der Waals surface area contributed by atoms with E-state index in [1.807, 2.05) is 4.72 Å². The number of pyridine rings is 1. The zero-order valence-electron chi connectivity index (χ0n) is 18.7. The zero-order chi connectivity index (χ0) is 26.2. The van der Waals surface area contributed by atoms with Gasteiger partial charge in [0.15, 0.2) is 5.82 Å². The summed E-state index contributed by atoms with van der Waals surface area (Å²) in [6.07, 6.45) is 7.05. The van der Waals surface area contributed by atoms with Gasteiger partial charge < -0.3 is 9.72 Å². The molecule has 0 saturated carbocycles. The van der Waals surface area contributed by atoms with E-state index in [1.165, 1.54) is 43.6 Å². The van der Waals surface area contributed by atoms with Crippen LogP contribution in [-0.4, -0.2) is 46.2 Å². The highest BCUT2D eigenvalue weighted by Gasteiger charge is 2.26. The average Bonchev–Trinajstić information content (AvgIpc) is 3.55. The van der Waals surface area contributed by atoms with Gasteiger partial charge in [-0.15, -0.1) is 11.3 Å². The number of ketones is 1. The molecule has 4 aromatic heterocycles. The largest absolute Gasteiger partial charge is 0.467 e. The minimum Gasteiger partial charge on any atom is -0.467 e. The summed E-state index contributed by atoms with van der Waals surface area (Å²) in [6, 6.07) is 3.44. The Morgan fingerprint density at radius 2 is 1.81 bits per heavy atom. The molecule has 0 spiro atoms. The molecular formula is C22H15F2N7O4S2. The van der Waals surface area contributed by atoms with Gasteiger partial charge in [0, 0.05) is 46.9 Å². The smallest absolute Gasteiger partial charge is 0.322 e. The number of carbonyl (C=O) groups excluding carboxylic acids is 1. The summed E-state index contributed by atoms with van der Waals surface area (Å²) in [7, 11) is -2.88. The molecule has 0 aliphatic carbocycles. The lowest BCUT2D eigenvalue weighted by Crippen LogP contribution is -2.22. The van der Waals surface area contributed by atoms with Crippen molar-refractivity contribution in [1.29, 1.82) is 0 Å². The Morgan fingerprint density at radius 3 is 2.51 bits per heavy atom. The number of nitrogens with one attached hydrogen (secondary N) is 3. The quantitative estimate of drug-likeness (QED) is 0.250. The molecule has 37 heavy (non-hydrogen) atoms. The molecule has 0 saturated heterocycles. The number of H-pyrrole nitrogens is 1. The van der Waals surface area contributed by atoms with Gasteiger partial charge in [0.1, 0.15) is 16.5 Å². The third kappa shape index (κ3) is 4.81. The van der Waals surface area contributed by atoms with Crippen molar-refractivity contribution in [3.05, 3.63) is 77.5 Å². The molecule has 0 unspecified atom stereocenters. The Labute approximate surface area is 211 Å². The van der Waals surface area contributed by atoms with E-state index in [-0.39, 0.29) is 22.0 Å². The van der Waals surface area contributed by atoms with Crippen LogP contribution in [0.2, 0.25) is 0 Å². The van der Waals surface area contributed by atoms with E-state index in [0.717, 1.165) is 23.5 Å². The molecule has 3 N–H and O–H groups in total. The highest BCUT2D eigenvalue weighted by molar-refractivity contribution is 7.94. The van der Waals surface area contributed by atoms with Crippen LogP contribution in [0.4, 0.5) is 19.5 Å². The maximum absolute atomic E-state index is 15.3. The molecule has 188 valence electrons. The highest BCUT2D eigenvalue weighted by Crippen LogP contribution is 2.29. The van der Waals surface area contributed by atoms with Crippen molar-refractivity contribution in [3.8, 4) is 17.1 Å². The number of carbonyl (C=O) groups is 1. The van der Waals surface area contributed by atoms with Gasteiger partial charge >= 0.3 is 16.2 Å². The lowest BCUT2D eigenvalue weighted by atomic mass is 10.0. The second-order valence-electron chi connectivity index (χ2n) is 7.47. The van der Waals surface area contributed by atoms with Gasteiger partial charge in [0.2, 0.25) is 5.78 Å². The number of fused-ring (bicyclic) bond motifs is 1. The molecule has 0 atom stereocenters. The van der Waals surface area contributed by atoms with Crippen LogP contribution in [0.1, 0.15) is 15.9 Å². The van der Waals surface area contributed by atoms with Gasteiger partial charge in [-0.2, -0.15) is 8.42 Å². The highest BCUT2D eigenvalue weighted by atomic mass is 32.2. The van der Waals surface area contributed by atoms with Crippen LogP contribution < -0.4 is 14.2 Å². The molecule has 1 aromatic carbocycles. The maximum Gasteiger partial charge on any atom is 0.322 e. The van der Waals surface area contributed by atoms with Crippen LogP contribution in [0.25, 0.3) is 22.2 Å². The minimum absolute atomic E-state index is 0.0700. The number of rotatable bonds is 8. The van der Waals surface area contributed by atoms with Crippen molar-refractivity contribution in [1.82, 2.24) is 24.9 Å². The summed E-state index contributed by atoms with van der Waals surface area (Å²) in [5, 5.41) is 0.464. The van der Waals surface area contributed by atoms with E-state index in [1.54, 1.807) is 6.07 Å². The van der Waals surface area contributed by atoms with Crippen LogP contribution in [-0.2, 0) is 10.2 Å². The topological polar surface area (TPSA) is 152 Å². The molecule has 0 amide bonds. The Hall–Kier alpha value is -4.50. The Morgan fingerprint density at radius 1 is 1.05 bits per heavy atom. The molecular weight excluding hydrogens is 528 g/mol. The van der Waals surface area contributed by atoms with Gasteiger partial charge in [0.25, 0.3) is 0 Å². The Kier molecular flexibility index (Phi) is 6.22. The first-order chi connectivity index (χ1) is 17.8. The van der Waals surface area contributed by atoms with Gasteiger partial charge in [-0.25, -0.2) is 23.7 Å². The fourth-order valence-electron chi connectivity index (χ4n) is 3.46. The fourth-order valence-corrected chi connectivity index (χ4v) is 5.16. The Bertz CT molecular complexity index is 1720. The third-order valence-corrected chi connectivity index (χ3v) is 6.94. The summed E-state index contributed by atoms with van der Waals surface area (Å²) >= 11 is 1.00. The first-order valence-electron chi connectivity index (χ1n) is 10.3. The lowest BCUT2D eigenvalue weighted by molar-refractivity contribution is 0.103. The van der Waals surface area contributed by atoms with E-state index in [0.29, 0.717) is 16.8 Å². The van der Waals surface area contributed by atoms with Crippen LogP contribution in [0.5, 0.6) is 6.01 Å². The SMILES string of the molecule is COc1ncc(-c2cnc3[nH]cc(C(=O)c4c(F)ccc(NS(=O)(=O)Nc5cncs5)c4F)c3c2)cn1. The van der Waals surface area contributed by atoms with Crippen LogP contribution in [0.3, 0.4) is 0 Å². The molecule has 0 fully saturated rings. The first kappa shape index (κ1) is 24.2. The summed E-state index contributed by atoms with van der Waals surface area (Å²) < 4.78 is 63.9. The summed E-state index contributed by atoms with van der Waals surface area (Å²) in [6.45, 7) is 0. The number of nitrogens with zero attached hydrogens (tertiary/aromatic N) is 4. The fraction of sp³-hybridized carbons (Fsp3) is 0.0455. The van der Waals surface area contributed by atoms with E-state index in [2.05, 4.69) is 29.6 Å².